The first-order valence-electron chi connectivity index (χ1n) is 7.31. The Kier molecular flexibility index (Phi) is 5.40. The molecule has 0 amide bonds. The quantitative estimate of drug-likeness (QED) is 0.881. The van der Waals surface area contributed by atoms with Crippen LogP contribution in [-0.4, -0.2) is 39.5 Å². The van der Waals surface area contributed by atoms with Gasteiger partial charge in [-0.3, -0.25) is 0 Å². The Bertz CT molecular complexity index is 665. The van der Waals surface area contributed by atoms with E-state index in [1.54, 1.807) is 0 Å². The number of ether oxygens (including phenoxy) is 1. The van der Waals surface area contributed by atoms with Crippen molar-refractivity contribution < 1.29 is 13.2 Å². The molecule has 1 fully saturated rings. The Morgan fingerprint density at radius 1 is 1.50 bits per heavy atom. The van der Waals surface area contributed by atoms with Crippen LogP contribution in [-0.2, 0) is 10.0 Å². The Balaban J connectivity index is 2.32. The largest absolute Gasteiger partial charge is 0.495 e. The molecule has 0 aliphatic carbocycles. The Labute approximate surface area is 131 Å². The first-order valence-corrected chi connectivity index (χ1v) is 8.75. The normalized spacial score (nSPS) is 19.6. The van der Waals surface area contributed by atoms with Gasteiger partial charge in [0.2, 0.25) is 10.0 Å². The highest BCUT2D eigenvalue weighted by molar-refractivity contribution is 7.89. The molecule has 1 aliphatic heterocycles. The summed E-state index contributed by atoms with van der Waals surface area (Å²) in [6.07, 6.45) is 2.67. The standard InChI is InChI=1S/C15H21N3O3S/c1-21-14-9-13(10-17)4-5-15(14)22(19,20)18-8-2-3-12(11-18)6-7-16/h4-5,9,12H,2-3,6-8,11,16H2,1H3. The van der Waals surface area contributed by atoms with Gasteiger partial charge in [0.25, 0.3) is 0 Å². The number of methoxy groups -OCH3 is 1. The lowest BCUT2D eigenvalue weighted by molar-refractivity contribution is 0.257. The molecule has 6 nitrogen and oxygen atoms in total. The van der Waals surface area contributed by atoms with Gasteiger partial charge in [-0.05, 0) is 49.9 Å². The number of piperidine rings is 1. The summed E-state index contributed by atoms with van der Waals surface area (Å²) < 4.78 is 32.4. The van der Waals surface area contributed by atoms with Crippen molar-refractivity contribution in [1.29, 1.82) is 5.26 Å². The summed E-state index contributed by atoms with van der Waals surface area (Å²) in [6, 6.07) is 6.37. The zero-order valence-electron chi connectivity index (χ0n) is 12.7. The van der Waals surface area contributed by atoms with Crippen LogP contribution in [0.1, 0.15) is 24.8 Å². The maximum absolute atomic E-state index is 12.8. The van der Waals surface area contributed by atoms with Crippen LogP contribution in [0.4, 0.5) is 0 Å². The van der Waals surface area contributed by atoms with Crippen molar-refractivity contribution in [1.82, 2.24) is 4.31 Å². The molecule has 2 N–H and O–H groups in total. The van der Waals surface area contributed by atoms with Crippen LogP contribution in [0, 0.1) is 17.2 Å². The summed E-state index contributed by atoms with van der Waals surface area (Å²) in [5.41, 5.74) is 5.95. The molecule has 0 bridgehead atoms. The predicted molar refractivity (Wildman–Crippen MR) is 82.9 cm³/mol. The van der Waals surface area contributed by atoms with Crippen molar-refractivity contribution in [2.75, 3.05) is 26.7 Å². The number of nitriles is 1. The molecule has 1 unspecified atom stereocenters. The molecule has 1 atom stereocenters. The summed E-state index contributed by atoms with van der Waals surface area (Å²) >= 11 is 0. The van der Waals surface area contributed by atoms with Gasteiger partial charge in [-0.1, -0.05) is 0 Å². The molecule has 0 saturated carbocycles. The number of nitrogens with zero attached hydrogens (tertiary/aromatic N) is 2. The number of sulfonamides is 1. The maximum Gasteiger partial charge on any atom is 0.246 e. The van der Waals surface area contributed by atoms with Crippen LogP contribution >= 0.6 is 0 Å². The minimum absolute atomic E-state index is 0.113. The fourth-order valence-corrected chi connectivity index (χ4v) is 4.50. The van der Waals surface area contributed by atoms with Gasteiger partial charge in [-0.25, -0.2) is 8.42 Å². The fourth-order valence-electron chi connectivity index (χ4n) is 2.81. The zero-order chi connectivity index (χ0) is 16.2. The van der Waals surface area contributed by atoms with Gasteiger partial charge in [0.05, 0.1) is 18.7 Å². The predicted octanol–water partition coefficient (Wildman–Crippen LogP) is 1.32. The van der Waals surface area contributed by atoms with Crippen LogP contribution < -0.4 is 10.5 Å². The Morgan fingerprint density at radius 2 is 2.27 bits per heavy atom. The van der Waals surface area contributed by atoms with E-state index < -0.39 is 10.0 Å². The first kappa shape index (κ1) is 16.7. The van der Waals surface area contributed by atoms with E-state index in [0.29, 0.717) is 31.1 Å². The second kappa shape index (κ2) is 7.09. The van der Waals surface area contributed by atoms with Crippen molar-refractivity contribution >= 4 is 10.0 Å². The van der Waals surface area contributed by atoms with E-state index in [9.17, 15) is 8.42 Å². The van der Waals surface area contributed by atoms with Crippen LogP contribution in [0.5, 0.6) is 5.75 Å². The first-order chi connectivity index (χ1) is 10.5. The van der Waals surface area contributed by atoms with Crippen LogP contribution in [0.25, 0.3) is 0 Å². The van der Waals surface area contributed by atoms with E-state index in [1.807, 2.05) is 6.07 Å². The molecule has 0 aromatic heterocycles. The molecule has 1 aromatic rings. The Hall–Kier alpha value is -1.62. The SMILES string of the molecule is COc1cc(C#N)ccc1S(=O)(=O)N1CCCC(CCN)C1. The highest BCUT2D eigenvalue weighted by atomic mass is 32.2. The molecule has 120 valence electrons. The second-order valence-corrected chi connectivity index (χ2v) is 7.33. The van der Waals surface area contributed by atoms with Crippen LogP contribution in [0.2, 0.25) is 0 Å². The van der Waals surface area contributed by atoms with E-state index in [0.717, 1.165) is 19.3 Å². The summed E-state index contributed by atoms with van der Waals surface area (Å²) in [7, 11) is -2.22. The van der Waals surface area contributed by atoms with Crippen LogP contribution in [0.15, 0.2) is 23.1 Å². The third-order valence-corrected chi connectivity index (χ3v) is 5.87. The van der Waals surface area contributed by atoms with E-state index in [-0.39, 0.29) is 10.6 Å². The number of rotatable bonds is 5. The van der Waals surface area contributed by atoms with Gasteiger partial charge in [0, 0.05) is 13.1 Å². The van der Waals surface area contributed by atoms with E-state index >= 15 is 0 Å². The topological polar surface area (TPSA) is 96.4 Å². The van der Waals surface area contributed by atoms with Gasteiger partial charge in [-0.15, -0.1) is 0 Å². The second-order valence-electron chi connectivity index (χ2n) is 5.43. The van der Waals surface area contributed by atoms with Crippen molar-refractivity contribution in [2.45, 2.75) is 24.2 Å². The lowest BCUT2D eigenvalue weighted by atomic mass is 9.96. The lowest BCUT2D eigenvalue weighted by Gasteiger charge is -2.32. The van der Waals surface area contributed by atoms with E-state index in [2.05, 4.69) is 0 Å². The molecule has 22 heavy (non-hydrogen) atoms. The number of benzene rings is 1. The van der Waals surface area contributed by atoms with Crippen molar-refractivity contribution in [3.63, 3.8) is 0 Å². The Morgan fingerprint density at radius 3 is 2.91 bits per heavy atom. The molecule has 1 aromatic carbocycles. The molecule has 7 heteroatoms. The lowest BCUT2D eigenvalue weighted by Crippen LogP contribution is -2.40. The maximum atomic E-state index is 12.8. The van der Waals surface area contributed by atoms with Gasteiger partial charge < -0.3 is 10.5 Å². The molecular weight excluding hydrogens is 302 g/mol. The highest BCUT2D eigenvalue weighted by Gasteiger charge is 2.32. The van der Waals surface area contributed by atoms with E-state index in [4.69, 9.17) is 15.7 Å². The number of nitrogens with two attached hydrogens (primary N) is 1. The average molecular weight is 323 g/mol. The summed E-state index contributed by atoms with van der Waals surface area (Å²) in [6.45, 7) is 1.56. The third kappa shape index (κ3) is 3.40. The average Bonchev–Trinajstić information content (AvgIpc) is 2.54. The highest BCUT2D eigenvalue weighted by Crippen LogP contribution is 2.31. The minimum Gasteiger partial charge on any atom is -0.495 e. The molecular formula is C15H21N3O3S. The molecule has 1 heterocycles. The van der Waals surface area contributed by atoms with Crippen molar-refractivity contribution in [3.8, 4) is 11.8 Å². The van der Waals surface area contributed by atoms with Gasteiger partial charge in [0.15, 0.2) is 0 Å². The van der Waals surface area contributed by atoms with Gasteiger partial charge in [0.1, 0.15) is 10.6 Å². The van der Waals surface area contributed by atoms with Crippen LogP contribution in [0.3, 0.4) is 0 Å². The van der Waals surface area contributed by atoms with Crippen molar-refractivity contribution in [3.05, 3.63) is 23.8 Å². The van der Waals surface area contributed by atoms with E-state index in [1.165, 1.54) is 29.6 Å². The smallest absolute Gasteiger partial charge is 0.246 e. The molecule has 0 spiro atoms. The van der Waals surface area contributed by atoms with Crippen molar-refractivity contribution in [2.24, 2.45) is 11.7 Å². The monoisotopic (exact) mass is 323 g/mol. The number of hydrogen-bond donors (Lipinski definition) is 1. The molecule has 1 saturated heterocycles. The number of hydrogen-bond acceptors (Lipinski definition) is 5. The van der Waals surface area contributed by atoms with Gasteiger partial charge in [-0.2, -0.15) is 9.57 Å². The summed E-state index contributed by atoms with van der Waals surface area (Å²) in [5, 5.41) is 8.92. The molecule has 2 rings (SSSR count). The summed E-state index contributed by atoms with van der Waals surface area (Å²) in [4.78, 5) is 0.113. The summed E-state index contributed by atoms with van der Waals surface area (Å²) in [5.74, 6) is 0.512. The fraction of sp³-hybridized carbons (Fsp3) is 0.533. The molecule has 0 radical (unpaired) electrons. The van der Waals surface area contributed by atoms with Gasteiger partial charge >= 0.3 is 0 Å². The minimum atomic E-state index is -3.62. The molecule has 1 aliphatic rings. The zero-order valence-corrected chi connectivity index (χ0v) is 13.5. The third-order valence-electron chi connectivity index (χ3n) is 3.97.